The van der Waals surface area contributed by atoms with Gasteiger partial charge in [0.1, 0.15) is 11.5 Å². The monoisotopic (exact) mass is 420 g/mol. The lowest BCUT2D eigenvalue weighted by molar-refractivity contribution is -0.116. The Kier molecular flexibility index (Phi) is 5.65. The fourth-order valence-electron chi connectivity index (χ4n) is 3.11. The molecular formula is C22H20N4O5. The van der Waals surface area contributed by atoms with Crippen LogP contribution in [0.1, 0.15) is 12.3 Å². The largest absolute Gasteiger partial charge is 0.497 e. The van der Waals surface area contributed by atoms with Crippen molar-refractivity contribution in [1.82, 2.24) is 15.1 Å². The van der Waals surface area contributed by atoms with E-state index in [0.717, 1.165) is 10.9 Å². The summed E-state index contributed by atoms with van der Waals surface area (Å²) in [6.45, 7) is 0. The molecule has 0 fully saturated rings. The van der Waals surface area contributed by atoms with Crippen LogP contribution in [-0.2, 0) is 11.2 Å². The predicted molar refractivity (Wildman–Crippen MR) is 114 cm³/mol. The number of hydrogen-bond acceptors (Lipinski definition) is 7. The number of H-pyrrole nitrogens is 1. The van der Waals surface area contributed by atoms with Gasteiger partial charge in [0, 0.05) is 24.4 Å². The lowest BCUT2D eigenvalue weighted by Crippen LogP contribution is -2.13. The minimum Gasteiger partial charge on any atom is -0.497 e. The maximum Gasteiger partial charge on any atom is 0.259 e. The Morgan fingerprint density at radius 3 is 2.77 bits per heavy atom. The Labute approximate surface area is 177 Å². The number of fused-ring (bicyclic) bond motifs is 1. The SMILES string of the molecule is COc1ccc(NC(=O)CCc2nc(-c3cc4ccccc4[nH]c3=O)no2)c(OC)c1. The summed E-state index contributed by atoms with van der Waals surface area (Å²) in [5.74, 6) is 1.31. The number of nitrogens with one attached hydrogen (secondary N) is 2. The molecule has 158 valence electrons. The molecule has 2 N–H and O–H groups in total. The summed E-state index contributed by atoms with van der Waals surface area (Å²) < 4.78 is 15.7. The molecule has 0 saturated carbocycles. The highest BCUT2D eigenvalue weighted by molar-refractivity contribution is 5.92. The molecule has 0 radical (unpaired) electrons. The molecular weight excluding hydrogens is 400 g/mol. The number of amides is 1. The maximum absolute atomic E-state index is 12.4. The van der Waals surface area contributed by atoms with E-state index in [4.69, 9.17) is 14.0 Å². The number of ether oxygens (including phenoxy) is 2. The van der Waals surface area contributed by atoms with Gasteiger partial charge in [0.15, 0.2) is 0 Å². The molecule has 0 spiro atoms. The van der Waals surface area contributed by atoms with Gasteiger partial charge in [0.25, 0.3) is 5.56 Å². The molecule has 0 aliphatic rings. The second-order valence-electron chi connectivity index (χ2n) is 6.73. The molecule has 9 heteroatoms. The zero-order chi connectivity index (χ0) is 21.8. The first-order valence-corrected chi connectivity index (χ1v) is 9.54. The summed E-state index contributed by atoms with van der Waals surface area (Å²) in [6.07, 6.45) is 0.341. The van der Waals surface area contributed by atoms with Gasteiger partial charge in [-0.2, -0.15) is 4.98 Å². The molecule has 4 aromatic rings. The van der Waals surface area contributed by atoms with E-state index in [9.17, 15) is 9.59 Å². The molecule has 0 saturated heterocycles. The first-order valence-electron chi connectivity index (χ1n) is 9.54. The smallest absolute Gasteiger partial charge is 0.259 e. The number of methoxy groups -OCH3 is 2. The van der Waals surface area contributed by atoms with Crippen LogP contribution in [0.2, 0.25) is 0 Å². The van der Waals surface area contributed by atoms with Crippen molar-refractivity contribution in [2.75, 3.05) is 19.5 Å². The highest BCUT2D eigenvalue weighted by atomic mass is 16.5. The highest BCUT2D eigenvalue weighted by Gasteiger charge is 2.15. The molecule has 1 amide bonds. The molecule has 2 aromatic heterocycles. The van der Waals surface area contributed by atoms with E-state index < -0.39 is 0 Å². The van der Waals surface area contributed by atoms with Crippen LogP contribution >= 0.6 is 0 Å². The Morgan fingerprint density at radius 1 is 1.13 bits per heavy atom. The lowest BCUT2D eigenvalue weighted by Gasteiger charge is -2.11. The summed E-state index contributed by atoms with van der Waals surface area (Å²) in [5, 5.41) is 7.53. The summed E-state index contributed by atoms with van der Waals surface area (Å²) in [6, 6.07) is 14.2. The number of aromatic nitrogens is 3. The average Bonchev–Trinajstić information content (AvgIpc) is 3.26. The van der Waals surface area contributed by atoms with Crippen molar-refractivity contribution in [3.05, 3.63) is 64.8 Å². The van der Waals surface area contributed by atoms with E-state index in [1.807, 2.05) is 24.3 Å². The Bertz CT molecular complexity index is 1290. The third kappa shape index (κ3) is 4.40. The number of benzene rings is 2. The molecule has 31 heavy (non-hydrogen) atoms. The first kappa shape index (κ1) is 20.1. The number of aryl methyl sites for hydroxylation is 1. The van der Waals surface area contributed by atoms with E-state index in [2.05, 4.69) is 20.4 Å². The van der Waals surface area contributed by atoms with Gasteiger partial charge in [-0.15, -0.1) is 0 Å². The second kappa shape index (κ2) is 8.70. The topological polar surface area (TPSA) is 119 Å². The van der Waals surface area contributed by atoms with Gasteiger partial charge in [-0.05, 0) is 29.7 Å². The molecule has 0 aliphatic heterocycles. The first-order chi connectivity index (χ1) is 15.1. The fourth-order valence-corrected chi connectivity index (χ4v) is 3.11. The summed E-state index contributed by atoms with van der Waals surface area (Å²) in [5.41, 5.74) is 1.25. The van der Waals surface area contributed by atoms with Crippen LogP contribution in [0, 0.1) is 0 Å². The molecule has 0 atom stereocenters. The van der Waals surface area contributed by atoms with Crippen molar-refractivity contribution in [2.24, 2.45) is 0 Å². The van der Waals surface area contributed by atoms with Crippen LogP contribution in [0.4, 0.5) is 5.69 Å². The van der Waals surface area contributed by atoms with Gasteiger partial charge in [-0.1, -0.05) is 23.4 Å². The number of pyridine rings is 1. The van der Waals surface area contributed by atoms with Crippen LogP contribution in [0.25, 0.3) is 22.3 Å². The van der Waals surface area contributed by atoms with Crippen molar-refractivity contribution < 1.29 is 18.8 Å². The van der Waals surface area contributed by atoms with E-state index in [1.54, 1.807) is 31.4 Å². The molecule has 2 heterocycles. The number of carbonyl (C=O) groups excluding carboxylic acids is 1. The Morgan fingerprint density at radius 2 is 1.97 bits per heavy atom. The standard InChI is InChI=1S/C22H20N4O5/c1-29-14-7-8-17(18(12-14)30-2)23-19(27)9-10-20-25-21(26-31-20)15-11-13-5-3-4-6-16(13)24-22(15)28/h3-8,11-12H,9-10H2,1-2H3,(H,23,27)(H,24,28). The molecule has 0 aliphatic carbocycles. The number of aromatic amines is 1. The fraction of sp³-hybridized carbons (Fsp3) is 0.182. The average molecular weight is 420 g/mol. The number of carbonyl (C=O) groups is 1. The van der Waals surface area contributed by atoms with Crippen molar-refractivity contribution in [2.45, 2.75) is 12.8 Å². The molecule has 4 rings (SSSR count). The maximum atomic E-state index is 12.4. The van der Waals surface area contributed by atoms with E-state index in [-0.39, 0.29) is 36.0 Å². The van der Waals surface area contributed by atoms with Gasteiger partial charge in [0.05, 0.1) is 25.5 Å². The number of nitrogens with zero attached hydrogens (tertiary/aromatic N) is 2. The van der Waals surface area contributed by atoms with Gasteiger partial charge >= 0.3 is 0 Å². The quantitative estimate of drug-likeness (QED) is 0.471. The van der Waals surface area contributed by atoms with Crippen molar-refractivity contribution >= 4 is 22.5 Å². The normalized spacial score (nSPS) is 10.8. The van der Waals surface area contributed by atoms with Crippen molar-refractivity contribution in [1.29, 1.82) is 0 Å². The zero-order valence-corrected chi connectivity index (χ0v) is 17.0. The number of anilines is 1. The van der Waals surface area contributed by atoms with Gasteiger partial charge in [-0.3, -0.25) is 9.59 Å². The van der Waals surface area contributed by atoms with Crippen LogP contribution in [0.3, 0.4) is 0 Å². The van der Waals surface area contributed by atoms with Gasteiger partial charge < -0.3 is 24.3 Å². The van der Waals surface area contributed by atoms with Gasteiger partial charge in [0.2, 0.25) is 17.6 Å². The van der Waals surface area contributed by atoms with Crippen molar-refractivity contribution in [3.8, 4) is 22.9 Å². The highest BCUT2D eigenvalue weighted by Crippen LogP contribution is 2.29. The summed E-state index contributed by atoms with van der Waals surface area (Å²) in [4.78, 5) is 31.8. The van der Waals surface area contributed by atoms with Crippen LogP contribution in [-0.4, -0.2) is 35.3 Å². The van der Waals surface area contributed by atoms with Crippen LogP contribution in [0.15, 0.2) is 57.8 Å². The number of rotatable bonds is 7. The van der Waals surface area contributed by atoms with Crippen molar-refractivity contribution in [3.63, 3.8) is 0 Å². The predicted octanol–water partition coefficient (Wildman–Crippen LogP) is 3.17. The Hall–Kier alpha value is -4.14. The number of para-hydroxylation sites is 1. The zero-order valence-electron chi connectivity index (χ0n) is 17.0. The molecule has 2 aromatic carbocycles. The summed E-state index contributed by atoms with van der Waals surface area (Å²) in [7, 11) is 3.07. The minimum atomic E-state index is -0.310. The molecule has 0 unspecified atom stereocenters. The molecule has 9 nitrogen and oxygen atoms in total. The number of hydrogen-bond donors (Lipinski definition) is 2. The summed E-state index contributed by atoms with van der Waals surface area (Å²) >= 11 is 0. The van der Waals surface area contributed by atoms with E-state index in [0.29, 0.717) is 22.7 Å². The van der Waals surface area contributed by atoms with Crippen LogP contribution < -0.4 is 20.3 Å². The van der Waals surface area contributed by atoms with E-state index in [1.165, 1.54) is 7.11 Å². The second-order valence-corrected chi connectivity index (χ2v) is 6.73. The minimum absolute atomic E-state index is 0.116. The molecule has 0 bridgehead atoms. The van der Waals surface area contributed by atoms with E-state index >= 15 is 0 Å². The third-order valence-electron chi connectivity index (χ3n) is 4.71. The van der Waals surface area contributed by atoms with Crippen LogP contribution in [0.5, 0.6) is 11.5 Å². The lowest BCUT2D eigenvalue weighted by atomic mass is 10.1. The van der Waals surface area contributed by atoms with Gasteiger partial charge in [-0.25, -0.2) is 0 Å². The Balaban J connectivity index is 1.44. The third-order valence-corrected chi connectivity index (χ3v) is 4.71.